The Kier molecular flexibility index (Phi) is 19.8. The smallest absolute Gasteiger partial charge is 0.251 e. The van der Waals surface area contributed by atoms with Gasteiger partial charge in [-0.25, -0.2) is 0 Å². The number of nitrogens with zero attached hydrogens (tertiary/aromatic N) is 1. The van der Waals surface area contributed by atoms with Gasteiger partial charge in [0, 0.05) is 30.4 Å². The maximum atomic E-state index is 12.8. The van der Waals surface area contributed by atoms with Crippen LogP contribution in [0.1, 0.15) is 80.1 Å². The van der Waals surface area contributed by atoms with Crippen molar-refractivity contribution < 1.29 is 24.0 Å². The molecule has 1 aromatic heterocycles. The van der Waals surface area contributed by atoms with Crippen molar-refractivity contribution in [1.82, 2.24) is 31.6 Å². The van der Waals surface area contributed by atoms with E-state index in [9.17, 15) is 24.0 Å². The summed E-state index contributed by atoms with van der Waals surface area (Å²) < 4.78 is 0. The first-order chi connectivity index (χ1) is 23.7. The molecule has 270 valence electrons. The van der Waals surface area contributed by atoms with Crippen LogP contribution >= 0.6 is 0 Å². The normalized spacial score (nSPS) is 12.0. The summed E-state index contributed by atoms with van der Waals surface area (Å²) in [5.74, 6) is -1.94. The number of carbonyl (C=O) groups is 5. The quantitative estimate of drug-likeness (QED) is 0.0730. The van der Waals surface area contributed by atoms with Crippen LogP contribution in [0.25, 0.3) is 11.3 Å². The van der Waals surface area contributed by atoms with E-state index in [2.05, 4.69) is 31.6 Å². The predicted molar refractivity (Wildman–Crippen MR) is 190 cm³/mol. The number of hydrogen-bond donors (Lipinski definition) is 8. The molecule has 2 rings (SSSR count). The highest BCUT2D eigenvalue weighted by Gasteiger charge is 2.23. The molecule has 0 aliphatic heterocycles. The average Bonchev–Trinajstić information content (AvgIpc) is 3.10. The van der Waals surface area contributed by atoms with Crippen molar-refractivity contribution in [2.75, 3.05) is 39.3 Å². The summed E-state index contributed by atoms with van der Waals surface area (Å²) in [6.45, 7) is 3.30. The lowest BCUT2D eigenvalue weighted by atomic mass is 10.0. The Labute approximate surface area is 289 Å². The van der Waals surface area contributed by atoms with Crippen LogP contribution < -0.4 is 43.8 Å². The van der Waals surface area contributed by atoms with Crippen LogP contribution in [0.5, 0.6) is 0 Å². The van der Waals surface area contributed by atoms with Crippen LogP contribution in [0.15, 0.2) is 42.6 Å². The molecule has 49 heavy (non-hydrogen) atoms. The summed E-state index contributed by atoms with van der Waals surface area (Å²) in [5, 5.41) is 13.4. The zero-order chi connectivity index (χ0) is 35.9. The summed E-state index contributed by atoms with van der Waals surface area (Å²) in [7, 11) is 0. The van der Waals surface area contributed by atoms with E-state index in [1.54, 1.807) is 6.20 Å². The molecule has 0 unspecified atom stereocenters. The fraction of sp³-hybridized carbons (Fsp3) is 0.543. The summed E-state index contributed by atoms with van der Waals surface area (Å²) in [6.07, 6.45) is 8.58. The van der Waals surface area contributed by atoms with Gasteiger partial charge >= 0.3 is 0 Å². The number of aromatic nitrogens is 1. The van der Waals surface area contributed by atoms with Crippen LogP contribution in [0, 0.1) is 6.92 Å². The van der Waals surface area contributed by atoms with Crippen molar-refractivity contribution >= 4 is 29.5 Å². The molecule has 0 fully saturated rings. The van der Waals surface area contributed by atoms with Crippen molar-refractivity contribution in [3.8, 4) is 11.3 Å². The van der Waals surface area contributed by atoms with Gasteiger partial charge in [-0.1, -0.05) is 37.5 Å². The SMILES string of the molecule is Cc1ccc(-c2ccccn2)cc1C(=O)NCCCCCCNC(=O)CNC(=O)CNC(=O)[C@H](CCCCN)NC(=O)[C@@H](N)CCCCN. The number of aryl methyl sites for hydroxylation is 1. The molecule has 14 heteroatoms. The van der Waals surface area contributed by atoms with Crippen LogP contribution in [-0.2, 0) is 19.2 Å². The number of carbonyl (C=O) groups excluding carboxylic acids is 5. The maximum absolute atomic E-state index is 12.8. The third kappa shape index (κ3) is 16.5. The molecule has 2 atom stereocenters. The van der Waals surface area contributed by atoms with Crippen LogP contribution in [0.4, 0.5) is 0 Å². The van der Waals surface area contributed by atoms with E-state index in [4.69, 9.17) is 17.2 Å². The zero-order valence-electron chi connectivity index (χ0n) is 28.7. The standard InChI is InChI=1S/C35H55N9O5/c1-25-15-16-26(29-13-6-11-19-39-29)22-27(25)33(47)41-21-10-3-2-9-20-40-31(45)23-42-32(46)24-43-35(49)30(14-5-8-18-37)44-34(48)28(38)12-4-7-17-36/h6,11,13,15-16,19,22,28,30H,2-5,7-10,12,14,17-18,20-21,23-24,36-38H2,1H3,(H,40,45)(H,41,47)(H,42,46)(H,43,49)(H,44,48)/t28-,30-/m0/s1. The predicted octanol–water partition coefficient (Wildman–Crippen LogP) is 0.766. The number of rotatable bonds is 24. The molecule has 1 heterocycles. The number of benzene rings is 1. The molecule has 11 N–H and O–H groups in total. The summed E-state index contributed by atoms with van der Waals surface area (Å²) in [4.78, 5) is 66.8. The fourth-order valence-corrected chi connectivity index (χ4v) is 4.96. The van der Waals surface area contributed by atoms with Crippen molar-refractivity contribution in [3.63, 3.8) is 0 Å². The van der Waals surface area contributed by atoms with E-state index in [0.29, 0.717) is 63.8 Å². The molecule has 0 spiro atoms. The van der Waals surface area contributed by atoms with Crippen LogP contribution in [0.2, 0.25) is 0 Å². The molecule has 0 radical (unpaired) electrons. The minimum absolute atomic E-state index is 0.118. The topological polar surface area (TPSA) is 236 Å². The van der Waals surface area contributed by atoms with Gasteiger partial charge < -0.3 is 43.8 Å². The number of nitrogens with one attached hydrogen (secondary N) is 5. The first-order valence-corrected chi connectivity index (χ1v) is 17.2. The van der Waals surface area contributed by atoms with Gasteiger partial charge in [-0.05, 0) is 88.7 Å². The molecule has 0 saturated carbocycles. The van der Waals surface area contributed by atoms with E-state index in [1.807, 2.05) is 43.3 Å². The Morgan fingerprint density at radius 1 is 0.714 bits per heavy atom. The Morgan fingerprint density at radius 3 is 2.04 bits per heavy atom. The second-order valence-electron chi connectivity index (χ2n) is 12.0. The first kappa shape index (κ1) is 40.8. The number of amides is 5. The van der Waals surface area contributed by atoms with Crippen molar-refractivity contribution in [3.05, 3.63) is 53.7 Å². The monoisotopic (exact) mass is 681 g/mol. The van der Waals surface area contributed by atoms with Gasteiger partial charge in [0.15, 0.2) is 0 Å². The zero-order valence-corrected chi connectivity index (χ0v) is 28.7. The second kappa shape index (κ2) is 23.8. The van der Waals surface area contributed by atoms with Gasteiger partial charge in [-0.15, -0.1) is 0 Å². The molecular formula is C35H55N9O5. The van der Waals surface area contributed by atoms with Gasteiger partial charge in [-0.2, -0.15) is 0 Å². The van der Waals surface area contributed by atoms with Crippen molar-refractivity contribution in [2.45, 2.75) is 83.2 Å². The van der Waals surface area contributed by atoms with Crippen molar-refractivity contribution in [1.29, 1.82) is 0 Å². The molecule has 0 saturated heterocycles. The molecule has 2 aromatic rings. The third-order valence-electron chi connectivity index (χ3n) is 7.91. The Hall–Kier alpha value is -4.40. The summed E-state index contributed by atoms with van der Waals surface area (Å²) in [5.41, 5.74) is 20.2. The highest BCUT2D eigenvalue weighted by atomic mass is 16.2. The molecule has 0 bridgehead atoms. The van der Waals surface area contributed by atoms with E-state index in [-0.39, 0.29) is 24.9 Å². The molecule has 14 nitrogen and oxygen atoms in total. The van der Waals surface area contributed by atoms with E-state index >= 15 is 0 Å². The van der Waals surface area contributed by atoms with Gasteiger partial charge in [0.05, 0.1) is 24.8 Å². The van der Waals surface area contributed by atoms with Crippen molar-refractivity contribution in [2.24, 2.45) is 17.2 Å². The first-order valence-electron chi connectivity index (χ1n) is 17.2. The molecule has 5 amide bonds. The highest BCUT2D eigenvalue weighted by molar-refractivity contribution is 5.97. The number of nitrogens with two attached hydrogens (primary N) is 3. The third-order valence-corrected chi connectivity index (χ3v) is 7.91. The van der Waals surface area contributed by atoms with Gasteiger partial charge in [0.2, 0.25) is 23.6 Å². The molecule has 0 aliphatic rings. The number of hydrogen-bond acceptors (Lipinski definition) is 9. The second-order valence-corrected chi connectivity index (χ2v) is 12.0. The lowest BCUT2D eigenvalue weighted by Crippen LogP contribution is -2.53. The van der Waals surface area contributed by atoms with Gasteiger partial charge in [-0.3, -0.25) is 29.0 Å². The number of unbranched alkanes of at least 4 members (excludes halogenated alkanes) is 5. The average molecular weight is 682 g/mol. The summed E-state index contributed by atoms with van der Waals surface area (Å²) in [6, 6.07) is 9.80. The minimum Gasteiger partial charge on any atom is -0.355 e. The lowest BCUT2D eigenvalue weighted by molar-refractivity contribution is -0.131. The molecular weight excluding hydrogens is 626 g/mol. The molecule has 1 aromatic carbocycles. The Morgan fingerprint density at radius 2 is 1.37 bits per heavy atom. The number of pyridine rings is 1. The lowest BCUT2D eigenvalue weighted by Gasteiger charge is -2.20. The highest BCUT2D eigenvalue weighted by Crippen LogP contribution is 2.20. The van der Waals surface area contributed by atoms with Crippen LogP contribution in [-0.4, -0.2) is 85.9 Å². The van der Waals surface area contributed by atoms with Gasteiger partial charge in [0.25, 0.3) is 5.91 Å². The Balaban J connectivity index is 1.60. The maximum Gasteiger partial charge on any atom is 0.251 e. The van der Waals surface area contributed by atoms with E-state index < -0.39 is 29.8 Å². The fourth-order valence-electron chi connectivity index (χ4n) is 4.96. The van der Waals surface area contributed by atoms with E-state index in [1.165, 1.54) is 0 Å². The van der Waals surface area contributed by atoms with Crippen LogP contribution in [0.3, 0.4) is 0 Å². The van der Waals surface area contributed by atoms with Gasteiger partial charge in [0.1, 0.15) is 6.04 Å². The minimum atomic E-state index is -0.856. The molecule has 0 aliphatic carbocycles. The largest absolute Gasteiger partial charge is 0.355 e. The summed E-state index contributed by atoms with van der Waals surface area (Å²) >= 11 is 0. The van der Waals surface area contributed by atoms with E-state index in [0.717, 1.165) is 48.9 Å². The Bertz CT molecular complexity index is 1330.